The van der Waals surface area contributed by atoms with Crippen molar-refractivity contribution in [1.29, 1.82) is 0 Å². The van der Waals surface area contributed by atoms with Crippen LogP contribution in [0.1, 0.15) is 42.2 Å². The molecule has 1 atom stereocenters. The molecule has 3 rings (SSSR count). The van der Waals surface area contributed by atoms with Gasteiger partial charge in [-0.2, -0.15) is 0 Å². The Kier molecular flexibility index (Phi) is 5.51. The predicted molar refractivity (Wildman–Crippen MR) is 101 cm³/mol. The second-order valence-electron chi connectivity index (χ2n) is 6.14. The number of hydrogen-bond donors (Lipinski definition) is 1. The lowest BCUT2D eigenvalue weighted by molar-refractivity contribution is -0.121. The summed E-state index contributed by atoms with van der Waals surface area (Å²) in [5.74, 6) is 0.687. The number of pyridine rings is 1. The number of fused-ring (bicyclic) bond motifs is 1. The van der Waals surface area contributed by atoms with E-state index in [1.165, 1.54) is 11.8 Å². The van der Waals surface area contributed by atoms with Crippen molar-refractivity contribution < 1.29 is 4.79 Å². The summed E-state index contributed by atoms with van der Waals surface area (Å²) in [5.41, 5.74) is 3.68. The summed E-state index contributed by atoms with van der Waals surface area (Å²) in [6.45, 7) is 5.84. The van der Waals surface area contributed by atoms with Gasteiger partial charge in [-0.1, -0.05) is 17.8 Å². The van der Waals surface area contributed by atoms with Gasteiger partial charge in [0.25, 0.3) is 0 Å². The summed E-state index contributed by atoms with van der Waals surface area (Å²) in [4.78, 5) is 21.3. The zero-order valence-corrected chi connectivity index (χ0v) is 16.2. The number of nitrogens with one attached hydrogen (secondary N) is 1. The van der Waals surface area contributed by atoms with Crippen LogP contribution >= 0.6 is 11.8 Å². The second kappa shape index (κ2) is 7.82. The number of thioether (sulfide) groups is 1. The first-order valence-corrected chi connectivity index (χ1v) is 9.69. The topological polar surface area (TPSA) is 85.1 Å². The van der Waals surface area contributed by atoms with E-state index in [0.717, 1.165) is 27.8 Å². The average Bonchev–Trinajstić information content (AvgIpc) is 3.05. The maximum Gasteiger partial charge on any atom is 0.220 e. The Hall–Kier alpha value is -2.48. The first kappa shape index (κ1) is 18.3. The molecule has 26 heavy (non-hydrogen) atoms. The van der Waals surface area contributed by atoms with Gasteiger partial charge < -0.3 is 5.32 Å². The largest absolute Gasteiger partial charge is 0.346 e. The van der Waals surface area contributed by atoms with Crippen molar-refractivity contribution in [2.45, 2.75) is 44.8 Å². The van der Waals surface area contributed by atoms with Gasteiger partial charge in [0.1, 0.15) is 0 Å². The highest BCUT2D eigenvalue weighted by molar-refractivity contribution is 7.98. The summed E-state index contributed by atoms with van der Waals surface area (Å²) in [7, 11) is 0. The highest BCUT2D eigenvalue weighted by Crippen LogP contribution is 2.17. The fraction of sp³-hybridized carbons (Fsp3) is 0.389. The van der Waals surface area contributed by atoms with E-state index in [4.69, 9.17) is 0 Å². The maximum atomic E-state index is 12.4. The van der Waals surface area contributed by atoms with Crippen LogP contribution in [-0.4, -0.2) is 36.7 Å². The number of rotatable bonds is 6. The minimum Gasteiger partial charge on any atom is -0.346 e. The fourth-order valence-corrected chi connectivity index (χ4v) is 3.39. The molecule has 1 N–H and O–H groups in total. The van der Waals surface area contributed by atoms with Crippen LogP contribution < -0.4 is 5.32 Å². The molecule has 3 heterocycles. The molecule has 0 aliphatic heterocycles. The monoisotopic (exact) mass is 370 g/mol. The van der Waals surface area contributed by atoms with Gasteiger partial charge in [-0.3, -0.25) is 9.20 Å². The fourth-order valence-electron chi connectivity index (χ4n) is 2.93. The summed E-state index contributed by atoms with van der Waals surface area (Å²) in [6.07, 6.45) is 4.85. The quantitative estimate of drug-likeness (QED) is 0.530. The third-order valence-electron chi connectivity index (χ3n) is 4.29. The molecule has 136 valence electrons. The third-order valence-corrected chi connectivity index (χ3v) is 4.84. The van der Waals surface area contributed by atoms with E-state index in [9.17, 15) is 4.79 Å². The van der Waals surface area contributed by atoms with E-state index in [0.29, 0.717) is 18.7 Å². The minimum atomic E-state index is -0.225. The van der Waals surface area contributed by atoms with Gasteiger partial charge in [0, 0.05) is 24.0 Å². The minimum absolute atomic E-state index is 0.0297. The first-order chi connectivity index (χ1) is 12.5. The molecule has 0 saturated heterocycles. The second-order valence-corrected chi connectivity index (χ2v) is 6.91. The van der Waals surface area contributed by atoms with Gasteiger partial charge in [-0.25, -0.2) is 9.97 Å². The van der Waals surface area contributed by atoms with Crippen LogP contribution in [0.5, 0.6) is 0 Å². The molecule has 7 nitrogen and oxygen atoms in total. The molecule has 0 aliphatic rings. The summed E-state index contributed by atoms with van der Waals surface area (Å²) < 4.78 is 1.88. The van der Waals surface area contributed by atoms with Gasteiger partial charge in [0.15, 0.2) is 16.6 Å². The first-order valence-electron chi connectivity index (χ1n) is 8.46. The molecule has 0 bridgehead atoms. The van der Waals surface area contributed by atoms with Crippen molar-refractivity contribution in [2.24, 2.45) is 0 Å². The van der Waals surface area contributed by atoms with E-state index in [-0.39, 0.29) is 11.9 Å². The van der Waals surface area contributed by atoms with E-state index >= 15 is 0 Å². The number of carbonyl (C=O) groups is 1. The average molecular weight is 370 g/mol. The van der Waals surface area contributed by atoms with Crippen molar-refractivity contribution in [2.75, 3.05) is 6.26 Å². The third kappa shape index (κ3) is 3.85. The lowest BCUT2D eigenvalue weighted by atomic mass is 10.1. The lowest BCUT2D eigenvalue weighted by Gasteiger charge is -2.13. The molecule has 0 aromatic carbocycles. The molecule has 1 amide bonds. The van der Waals surface area contributed by atoms with Gasteiger partial charge in [-0.05, 0) is 51.1 Å². The molecule has 0 saturated carbocycles. The number of aromatic nitrogens is 5. The standard InChI is InChI=1S/C18H22N6OS/c1-11-14(12(2)21-18(20-11)26-4)8-9-16(25)19-13(3)17-23-22-15-7-5-6-10-24(15)17/h5-7,10,13H,8-9H2,1-4H3,(H,19,25). The summed E-state index contributed by atoms with van der Waals surface area (Å²) in [6, 6.07) is 5.48. The van der Waals surface area contributed by atoms with Crippen LogP contribution in [0.25, 0.3) is 5.65 Å². The van der Waals surface area contributed by atoms with E-state index < -0.39 is 0 Å². The Morgan fingerprint density at radius 3 is 2.65 bits per heavy atom. The van der Waals surface area contributed by atoms with E-state index in [1.807, 2.05) is 55.8 Å². The highest BCUT2D eigenvalue weighted by atomic mass is 32.2. The van der Waals surface area contributed by atoms with Crippen molar-refractivity contribution in [3.8, 4) is 0 Å². The molecular weight excluding hydrogens is 348 g/mol. The summed E-state index contributed by atoms with van der Waals surface area (Å²) >= 11 is 1.52. The van der Waals surface area contributed by atoms with Crippen LogP contribution in [0, 0.1) is 13.8 Å². The van der Waals surface area contributed by atoms with Gasteiger partial charge in [0.2, 0.25) is 5.91 Å². The van der Waals surface area contributed by atoms with E-state index in [1.54, 1.807) is 0 Å². The number of hydrogen-bond acceptors (Lipinski definition) is 6. The molecule has 3 aromatic heterocycles. The molecule has 0 aliphatic carbocycles. The molecule has 3 aromatic rings. The van der Waals surface area contributed by atoms with Gasteiger partial charge in [-0.15, -0.1) is 10.2 Å². The number of aryl methyl sites for hydroxylation is 2. The van der Waals surface area contributed by atoms with Gasteiger partial charge in [0.05, 0.1) is 6.04 Å². The zero-order valence-electron chi connectivity index (χ0n) is 15.4. The Labute approximate surface area is 156 Å². The van der Waals surface area contributed by atoms with Crippen molar-refractivity contribution in [1.82, 2.24) is 29.9 Å². The van der Waals surface area contributed by atoms with Crippen LogP contribution in [0.15, 0.2) is 29.6 Å². The SMILES string of the molecule is CSc1nc(C)c(CCC(=O)NC(C)c2nnc3ccccn23)c(C)n1. The van der Waals surface area contributed by atoms with Crippen molar-refractivity contribution in [3.05, 3.63) is 47.2 Å². The van der Waals surface area contributed by atoms with E-state index in [2.05, 4.69) is 25.5 Å². The number of nitrogens with zero attached hydrogens (tertiary/aromatic N) is 5. The smallest absolute Gasteiger partial charge is 0.220 e. The molecule has 0 radical (unpaired) electrons. The number of carbonyl (C=O) groups excluding carboxylic acids is 1. The van der Waals surface area contributed by atoms with Crippen LogP contribution in [0.4, 0.5) is 0 Å². The van der Waals surface area contributed by atoms with Gasteiger partial charge >= 0.3 is 0 Å². The zero-order chi connectivity index (χ0) is 18.7. The maximum absolute atomic E-state index is 12.4. The molecule has 1 unspecified atom stereocenters. The lowest BCUT2D eigenvalue weighted by Crippen LogP contribution is -2.28. The molecular formula is C18H22N6OS. The van der Waals surface area contributed by atoms with Crippen molar-refractivity contribution >= 4 is 23.3 Å². The number of amides is 1. The molecule has 0 spiro atoms. The van der Waals surface area contributed by atoms with Crippen molar-refractivity contribution in [3.63, 3.8) is 0 Å². The highest BCUT2D eigenvalue weighted by Gasteiger charge is 2.16. The predicted octanol–water partition coefficient (Wildman–Crippen LogP) is 2.67. The Bertz CT molecular complexity index is 915. The Morgan fingerprint density at radius 1 is 1.23 bits per heavy atom. The molecule has 0 fully saturated rings. The van der Waals surface area contributed by atoms with Crippen LogP contribution in [0.3, 0.4) is 0 Å². The Balaban J connectivity index is 1.64. The normalized spacial score (nSPS) is 12.3. The summed E-state index contributed by atoms with van der Waals surface area (Å²) in [5, 5.41) is 12.1. The van der Waals surface area contributed by atoms with Crippen LogP contribution in [-0.2, 0) is 11.2 Å². The van der Waals surface area contributed by atoms with Crippen LogP contribution in [0.2, 0.25) is 0 Å². The molecule has 8 heteroatoms. The Morgan fingerprint density at radius 2 is 1.96 bits per heavy atom.